The molecule has 8 aromatic carbocycles. The van der Waals surface area contributed by atoms with Gasteiger partial charge in [-0.05, 0) is 120 Å². The molecule has 0 atom stereocenters. The summed E-state index contributed by atoms with van der Waals surface area (Å²) in [4.78, 5) is 14.5. The zero-order valence-corrected chi connectivity index (χ0v) is 30.9. The van der Waals surface area contributed by atoms with E-state index in [0.29, 0.717) is 28.6 Å². The van der Waals surface area contributed by atoms with E-state index in [-0.39, 0.29) is 11.6 Å². The summed E-state index contributed by atoms with van der Waals surface area (Å²) in [5.74, 6) is 0.526. The molecule has 0 saturated carbocycles. The average molecular weight is 752 g/mol. The third-order valence-corrected chi connectivity index (χ3v) is 10.9. The molecule has 0 N–H and O–H groups in total. The topological polar surface area (TPSA) is 48.5 Å². The molecule has 0 aliphatic rings. The minimum atomic E-state index is -0.351. The van der Waals surface area contributed by atoms with Crippen LogP contribution in [-0.4, -0.2) is 24.1 Å². The van der Waals surface area contributed by atoms with Crippen LogP contribution in [0.5, 0.6) is 0 Å². The molecule has 0 aliphatic carbocycles. The van der Waals surface area contributed by atoms with Gasteiger partial charge in [-0.2, -0.15) is 0 Å². The van der Waals surface area contributed by atoms with Gasteiger partial charge in [0.25, 0.3) is 0 Å². The molecule has 11 aromatic rings. The first-order valence-corrected chi connectivity index (χ1v) is 19.1. The van der Waals surface area contributed by atoms with E-state index in [4.69, 9.17) is 15.0 Å². The Labute approximate surface area is 331 Å². The quantitative estimate of drug-likeness (QED) is 0.170. The third kappa shape index (κ3) is 5.63. The Morgan fingerprint density at radius 2 is 0.707 bits per heavy atom. The van der Waals surface area contributed by atoms with Gasteiger partial charge in [0.05, 0.1) is 22.1 Å². The van der Waals surface area contributed by atoms with Crippen LogP contribution in [0.3, 0.4) is 0 Å². The largest absolute Gasteiger partial charge is 0.309 e. The molecule has 0 fully saturated rings. The van der Waals surface area contributed by atoms with Crippen LogP contribution in [0.15, 0.2) is 188 Å². The SMILES string of the molecule is Fc1ccc(-c2nc(-c3ccc(F)cc3)nc(-c3cccc(-n4c5ccccc5c5cc(-c6ccc7c(c6)c6ccccc6n7-c6ccccc6)ccc54)c3)n2)cc1. The molecule has 0 unspecified atom stereocenters. The van der Waals surface area contributed by atoms with Gasteiger partial charge in [-0.1, -0.05) is 78.9 Å². The van der Waals surface area contributed by atoms with Crippen molar-refractivity contribution in [1.29, 1.82) is 0 Å². The van der Waals surface area contributed by atoms with Crippen molar-refractivity contribution in [3.8, 4) is 56.7 Å². The minimum absolute atomic E-state index is 0.351. The Morgan fingerprint density at radius 3 is 1.24 bits per heavy atom. The summed E-state index contributed by atoms with van der Waals surface area (Å²) >= 11 is 0. The fraction of sp³-hybridized carbons (Fsp3) is 0. The van der Waals surface area contributed by atoms with Crippen molar-refractivity contribution in [2.45, 2.75) is 0 Å². The van der Waals surface area contributed by atoms with Gasteiger partial charge in [0.1, 0.15) is 11.6 Å². The van der Waals surface area contributed by atoms with Crippen molar-refractivity contribution in [2.75, 3.05) is 0 Å². The van der Waals surface area contributed by atoms with E-state index in [1.807, 2.05) is 18.2 Å². The normalized spacial score (nSPS) is 11.6. The highest BCUT2D eigenvalue weighted by atomic mass is 19.1. The summed E-state index contributed by atoms with van der Waals surface area (Å²) in [6, 6.07) is 61.3. The second-order valence-corrected chi connectivity index (χ2v) is 14.4. The van der Waals surface area contributed by atoms with Crippen molar-refractivity contribution >= 4 is 43.6 Å². The third-order valence-electron chi connectivity index (χ3n) is 10.9. The lowest BCUT2D eigenvalue weighted by Gasteiger charge is -2.12. The molecule has 274 valence electrons. The first kappa shape index (κ1) is 33.6. The lowest BCUT2D eigenvalue weighted by atomic mass is 10.0. The van der Waals surface area contributed by atoms with Gasteiger partial charge in [-0.3, -0.25) is 0 Å². The molecule has 58 heavy (non-hydrogen) atoms. The summed E-state index contributed by atoms with van der Waals surface area (Å²) in [6.07, 6.45) is 0. The van der Waals surface area contributed by atoms with Crippen molar-refractivity contribution in [1.82, 2.24) is 24.1 Å². The van der Waals surface area contributed by atoms with E-state index < -0.39 is 0 Å². The highest BCUT2D eigenvalue weighted by molar-refractivity contribution is 6.12. The fourth-order valence-electron chi connectivity index (χ4n) is 8.18. The van der Waals surface area contributed by atoms with Crippen molar-refractivity contribution in [2.24, 2.45) is 0 Å². The number of nitrogens with zero attached hydrogens (tertiary/aromatic N) is 5. The van der Waals surface area contributed by atoms with Crippen molar-refractivity contribution in [3.05, 3.63) is 200 Å². The molecular formula is C51H31F2N5. The first-order valence-electron chi connectivity index (χ1n) is 19.1. The first-order chi connectivity index (χ1) is 28.6. The highest BCUT2D eigenvalue weighted by Crippen LogP contribution is 2.39. The van der Waals surface area contributed by atoms with Crippen LogP contribution in [0.2, 0.25) is 0 Å². The van der Waals surface area contributed by atoms with Crippen LogP contribution < -0.4 is 0 Å². The molecule has 0 radical (unpaired) electrons. The van der Waals surface area contributed by atoms with Gasteiger partial charge in [-0.25, -0.2) is 23.7 Å². The van der Waals surface area contributed by atoms with Gasteiger partial charge in [0, 0.05) is 49.6 Å². The zero-order chi connectivity index (χ0) is 38.7. The van der Waals surface area contributed by atoms with Crippen LogP contribution in [0.25, 0.3) is 100 Å². The maximum atomic E-state index is 13.9. The average Bonchev–Trinajstić information content (AvgIpc) is 3.79. The summed E-state index contributed by atoms with van der Waals surface area (Å²) in [7, 11) is 0. The summed E-state index contributed by atoms with van der Waals surface area (Å²) in [5, 5.41) is 4.71. The van der Waals surface area contributed by atoms with E-state index in [1.54, 1.807) is 24.3 Å². The summed E-state index contributed by atoms with van der Waals surface area (Å²) in [6.45, 7) is 0. The summed E-state index contributed by atoms with van der Waals surface area (Å²) in [5.41, 5.74) is 10.9. The number of para-hydroxylation sites is 3. The van der Waals surface area contributed by atoms with Crippen molar-refractivity contribution in [3.63, 3.8) is 0 Å². The Bertz CT molecular complexity index is 3290. The van der Waals surface area contributed by atoms with E-state index in [1.165, 1.54) is 46.1 Å². The molecule has 5 nitrogen and oxygen atoms in total. The van der Waals surface area contributed by atoms with E-state index >= 15 is 0 Å². The number of fused-ring (bicyclic) bond motifs is 6. The monoisotopic (exact) mass is 751 g/mol. The standard InChI is InChI=1S/C51H31F2N5/c52-37-23-17-32(18-24-37)49-54-50(33-19-25-38(53)26-20-33)56-51(55-49)36-9-8-12-40(29-36)58-46-16-7-5-14-42(46)44-31-35(22-28-48(44)58)34-21-27-47-43(30-34)41-13-4-6-15-45(41)57(47)39-10-2-1-3-11-39/h1-31H. The summed E-state index contributed by atoms with van der Waals surface area (Å²) < 4.78 is 32.4. The highest BCUT2D eigenvalue weighted by Gasteiger charge is 2.18. The van der Waals surface area contributed by atoms with Crippen LogP contribution in [0.4, 0.5) is 8.78 Å². The number of halogens is 2. The van der Waals surface area contributed by atoms with Crippen LogP contribution in [0, 0.1) is 11.6 Å². The number of aromatic nitrogens is 5. The molecule has 0 amide bonds. The molecule has 0 saturated heterocycles. The van der Waals surface area contributed by atoms with Gasteiger partial charge >= 0.3 is 0 Å². The molecule has 3 aromatic heterocycles. The van der Waals surface area contributed by atoms with Crippen LogP contribution in [0.1, 0.15) is 0 Å². The maximum absolute atomic E-state index is 13.9. The van der Waals surface area contributed by atoms with Crippen molar-refractivity contribution < 1.29 is 8.78 Å². The molecular weight excluding hydrogens is 721 g/mol. The molecule has 11 rings (SSSR count). The fourth-order valence-corrected chi connectivity index (χ4v) is 8.18. The smallest absolute Gasteiger partial charge is 0.164 e. The Morgan fingerprint density at radius 1 is 0.293 bits per heavy atom. The maximum Gasteiger partial charge on any atom is 0.164 e. The minimum Gasteiger partial charge on any atom is -0.309 e. The molecule has 0 aliphatic heterocycles. The lowest BCUT2D eigenvalue weighted by molar-refractivity contribution is 0.627. The number of hydrogen-bond acceptors (Lipinski definition) is 3. The van der Waals surface area contributed by atoms with Gasteiger partial charge < -0.3 is 9.13 Å². The Kier molecular flexibility index (Phi) is 7.79. The molecule has 0 spiro atoms. The molecule has 0 bridgehead atoms. The van der Waals surface area contributed by atoms with E-state index in [9.17, 15) is 8.78 Å². The second-order valence-electron chi connectivity index (χ2n) is 14.4. The van der Waals surface area contributed by atoms with Crippen LogP contribution >= 0.6 is 0 Å². The Hall–Kier alpha value is -7.77. The molecule has 3 heterocycles. The zero-order valence-electron chi connectivity index (χ0n) is 30.9. The molecule has 7 heteroatoms. The van der Waals surface area contributed by atoms with Gasteiger partial charge in [0.2, 0.25) is 0 Å². The predicted octanol–water partition coefficient (Wildman–Crippen LogP) is 13.0. The number of hydrogen-bond donors (Lipinski definition) is 0. The van der Waals surface area contributed by atoms with Gasteiger partial charge in [-0.15, -0.1) is 0 Å². The van der Waals surface area contributed by atoms with E-state index in [0.717, 1.165) is 49.9 Å². The second kappa shape index (κ2) is 13.5. The number of benzene rings is 8. The van der Waals surface area contributed by atoms with Crippen LogP contribution in [-0.2, 0) is 0 Å². The Balaban J connectivity index is 1.04. The van der Waals surface area contributed by atoms with Gasteiger partial charge in [0.15, 0.2) is 17.5 Å². The lowest BCUT2D eigenvalue weighted by Crippen LogP contribution is -2.01. The van der Waals surface area contributed by atoms with E-state index in [2.05, 4.69) is 130 Å². The number of rotatable bonds is 6. The predicted molar refractivity (Wildman–Crippen MR) is 230 cm³/mol.